The molecule has 0 radical (unpaired) electrons. The third-order valence-electron chi connectivity index (χ3n) is 3.94. The second-order valence-corrected chi connectivity index (χ2v) is 5.37. The minimum absolute atomic E-state index is 1.14. The van der Waals surface area contributed by atoms with Crippen LogP contribution in [0.2, 0.25) is 0 Å². The summed E-state index contributed by atoms with van der Waals surface area (Å²) < 4.78 is 0. The Morgan fingerprint density at radius 3 is 1.86 bits per heavy atom. The molecule has 1 aromatic heterocycles. The van der Waals surface area contributed by atoms with E-state index in [1.54, 1.807) is 0 Å². The third kappa shape index (κ3) is 2.27. The zero-order chi connectivity index (χ0) is 14.8. The van der Waals surface area contributed by atoms with Crippen molar-refractivity contribution in [2.75, 3.05) is 0 Å². The van der Waals surface area contributed by atoms with Gasteiger partial charge in [-0.15, -0.1) is 0 Å². The molecule has 1 heterocycles. The number of hydrogen-bond acceptors (Lipinski definition) is 0. The fourth-order valence-electron chi connectivity index (χ4n) is 2.86. The molecule has 0 aliphatic heterocycles. The summed E-state index contributed by atoms with van der Waals surface area (Å²) in [5.41, 5.74) is 5.99. The Hall–Kier alpha value is -2.93. The second kappa shape index (κ2) is 5.45. The Morgan fingerprint density at radius 1 is 0.545 bits per heavy atom. The van der Waals surface area contributed by atoms with Gasteiger partial charge in [0.25, 0.3) is 0 Å². The SMILES string of the molecule is c1ccc(-c2cc(-c3ccccc3)c3ccccc3[nH+]2)cc1. The van der Waals surface area contributed by atoms with Crippen LogP contribution in [0.3, 0.4) is 0 Å². The minimum atomic E-state index is 1.14. The highest BCUT2D eigenvalue weighted by molar-refractivity contribution is 5.94. The number of hydrogen-bond donors (Lipinski definition) is 0. The van der Waals surface area contributed by atoms with E-state index in [1.165, 1.54) is 22.1 Å². The van der Waals surface area contributed by atoms with Gasteiger partial charge in [0.15, 0.2) is 0 Å². The molecule has 0 aliphatic rings. The summed E-state index contributed by atoms with van der Waals surface area (Å²) in [5, 5.41) is 1.24. The highest BCUT2D eigenvalue weighted by Crippen LogP contribution is 2.29. The zero-order valence-electron chi connectivity index (χ0n) is 12.2. The number of H-pyrrole nitrogens is 1. The summed E-state index contributed by atoms with van der Waals surface area (Å²) in [7, 11) is 0. The highest BCUT2D eigenvalue weighted by Gasteiger charge is 2.13. The van der Waals surface area contributed by atoms with E-state index in [-0.39, 0.29) is 0 Å². The zero-order valence-corrected chi connectivity index (χ0v) is 12.2. The van der Waals surface area contributed by atoms with Crippen LogP contribution in [-0.4, -0.2) is 0 Å². The van der Waals surface area contributed by atoms with Crippen LogP contribution in [0.25, 0.3) is 33.3 Å². The fourth-order valence-corrected chi connectivity index (χ4v) is 2.86. The lowest BCUT2D eigenvalue weighted by Gasteiger charge is -2.06. The van der Waals surface area contributed by atoms with Gasteiger partial charge in [0, 0.05) is 23.3 Å². The summed E-state index contributed by atoms with van der Waals surface area (Å²) in [6, 6.07) is 31.7. The first-order valence-electron chi connectivity index (χ1n) is 7.48. The van der Waals surface area contributed by atoms with Crippen molar-refractivity contribution in [3.8, 4) is 22.4 Å². The van der Waals surface area contributed by atoms with Crippen LogP contribution in [0.15, 0.2) is 91.0 Å². The monoisotopic (exact) mass is 282 g/mol. The predicted octanol–water partition coefficient (Wildman–Crippen LogP) is 4.99. The number of pyridine rings is 1. The summed E-state index contributed by atoms with van der Waals surface area (Å²) in [4.78, 5) is 3.55. The van der Waals surface area contributed by atoms with Gasteiger partial charge in [-0.05, 0) is 23.8 Å². The van der Waals surface area contributed by atoms with E-state index >= 15 is 0 Å². The molecule has 104 valence electrons. The lowest BCUT2D eigenvalue weighted by Crippen LogP contribution is -2.09. The molecule has 4 rings (SSSR count). The fraction of sp³-hybridized carbons (Fsp3) is 0. The normalized spacial score (nSPS) is 10.7. The van der Waals surface area contributed by atoms with Gasteiger partial charge < -0.3 is 0 Å². The Morgan fingerprint density at radius 2 is 1.14 bits per heavy atom. The van der Waals surface area contributed by atoms with E-state index in [0.717, 1.165) is 11.2 Å². The van der Waals surface area contributed by atoms with E-state index in [2.05, 4.69) is 89.9 Å². The molecule has 1 N–H and O–H groups in total. The van der Waals surface area contributed by atoms with E-state index < -0.39 is 0 Å². The quantitative estimate of drug-likeness (QED) is 0.492. The lowest BCUT2D eigenvalue weighted by molar-refractivity contribution is -0.330. The summed E-state index contributed by atoms with van der Waals surface area (Å²) in [6.07, 6.45) is 0. The van der Waals surface area contributed by atoms with Gasteiger partial charge in [0.05, 0.1) is 5.39 Å². The number of para-hydroxylation sites is 1. The van der Waals surface area contributed by atoms with Crippen molar-refractivity contribution in [1.29, 1.82) is 0 Å². The Kier molecular flexibility index (Phi) is 3.17. The van der Waals surface area contributed by atoms with Crippen LogP contribution in [0, 0.1) is 0 Å². The summed E-state index contributed by atoms with van der Waals surface area (Å²) in [6.45, 7) is 0. The molecule has 0 amide bonds. The molecule has 0 saturated heterocycles. The maximum Gasteiger partial charge on any atom is 0.211 e. The van der Waals surface area contributed by atoms with Crippen LogP contribution in [0.1, 0.15) is 0 Å². The summed E-state index contributed by atoms with van der Waals surface area (Å²) >= 11 is 0. The van der Waals surface area contributed by atoms with Crippen molar-refractivity contribution < 1.29 is 4.98 Å². The summed E-state index contributed by atoms with van der Waals surface area (Å²) in [5.74, 6) is 0. The van der Waals surface area contributed by atoms with Crippen LogP contribution in [0.5, 0.6) is 0 Å². The smallest absolute Gasteiger partial charge is 0.204 e. The lowest BCUT2D eigenvalue weighted by atomic mass is 9.98. The van der Waals surface area contributed by atoms with Gasteiger partial charge in [-0.1, -0.05) is 60.7 Å². The molecule has 1 nitrogen and oxygen atoms in total. The van der Waals surface area contributed by atoms with Gasteiger partial charge in [-0.25, -0.2) is 4.98 Å². The van der Waals surface area contributed by atoms with Crippen LogP contribution < -0.4 is 4.98 Å². The minimum Gasteiger partial charge on any atom is -0.204 e. The topological polar surface area (TPSA) is 14.1 Å². The standard InChI is InChI=1S/C21H15N/c1-3-9-16(10-4-1)19-15-21(17-11-5-2-6-12-17)22-20-14-8-7-13-18(19)20/h1-15H/p+1. The van der Waals surface area contributed by atoms with E-state index in [9.17, 15) is 0 Å². The average molecular weight is 282 g/mol. The average Bonchev–Trinajstić information content (AvgIpc) is 2.62. The van der Waals surface area contributed by atoms with Gasteiger partial charge in [-0.2, -0.15) is 0 Å². The Labute approximate surface area is 129 Å². The largest absolute Gasteiger partial charge is 0.211 e. The van der Waals surface area contributed by atoms with Gasteiger partial charge in [-0.3, -0.25) is 0 Å². The van der Waals surface area contributed by atoms with Crippen LogP contribution in [-0.2, 0) is 0 Å². The number of aromatic amines is 1. The number of fused-ring (bicyclic) bond motifs is 1. The molecule has 0 fully saturated rings. The molecule has 22 heavy (non-hydrogen) atoms. The van der Waals surface area contributed by atoms with Crippen molar-refractivity contribution in [1.82, 2.24) is 0 Å². The molecule has 1 heteroatoms. The van der Waals surface area contributed by atoms with Crippen molar-refractivity contribution in [3.05, 3.63) is 91.0 Å². The Balaban J connectivity index is 2.02. The maximum absolute atomic E-state index is 3.55. The number of nitrogens with one attached hydrogen (secondary N) is 1. The number of rotatable bonds is 2. The molecule has 0 saturated carbocycles. The predicted molar refractivity (Wildman–Crippen MR) is 91.4 cm³/mol. The molecular formula is C21H16N+. The van der Waals surface area contributed by atoms with Gasteiger partial charge in [0.1, 0.15) is 0 Å². The van der Waals surface area contributed by atoms with Crippen molar-refractivity contribution in [3.63, 3.8) is 0 Å². The van der Waals surface area contributed by atoms with Crippen molar-refractivity contribution in [2.45, 2.75) is 0 Å². The van der Waals surface area contributed by atoms with Crippen LogP contribution >= 0.6 is 0 Å². The van der Waals surface area contributed by atoms with Crippen molar-refractivity contribution >= 4 is 10.9 Å². The third-order valence-corrected chi connectivity index (χ3v) is 3.94. The van der Waals surface area contributed by atoms with Gasteiger partial charge >= 0.3 is 0 Å². The molecule has 0 unspecified atom stereocenters. The number of aromatic nitrogens is 1. The van der Waals surface area contributed by atoms with E-state index in [4.69, 9.17) is 0 Å². The first kappa shape index (κ1) is 12.8. The first-order chi connectivity index (χ1) is 10.9. The van der Waals surface area contributed by atoms with E-state index in [1.807, 2.05) is 6.07 Å². The van der Waals surface area contributed by atoms with E-state index in [0.29, 0.717) is 0 Å². The first-order valence-corrected chi connectivity index (χ1v) is 7.48. The molecule has 0 atom stereocenters. The molecular weight excluding hydrogens is 266 g/mol. The molecule has 4 aromatic rings. The molecule has 0 bridgehead atoms. The Bertz CT molecular complexity index is 912. The molecule has 0 spiro atoms. The molecule has 3 aromatic carbocycles. The van der Waals surface area contributed by atoms with Gasteiger partial charge in [0.2, 0.25) is 11.2 Å². The van der Waals surface area contributed by atoms with Crippen LogP contribution in [0.4, 0.5) is 0 Å². The second-order valence-electron chi connectivity index (χ2n) is 5.37. The maximum atomic E-state index is 3.55. The number of benzene rings is 3. The van der Waals surface area contributed by atoms with Crippen molar-refractivity contribution in [2.24, 2.45) is 0 Å². The highest BCUT2D eigenvalue weighted by atomic mass is 14.7. The molecule has 0 aliphatic carbocycles.